The molecule has 0 aromatic rings. The Balaban J connectivity index is 1.64. The molecule has 1 saturated carbocycles. The normalized spacial score (nSPS) is 43.5. The van der Waals surface area contributed by atoms with Crippen LogP contribution in [0.25, 0.3) is 0 Å². The lowest BCUT2D eigenvalue weighted by atomic mass is 9.68. The van der Waals surface area contributed by atoms with E-state index < -0.39 is 28.5 Å². The molecule has 2 heterocycles. The summed E-state index contributed by atoms with van der Waals surface area (Å²) in [7, 11) is 0. The van der Waals surface area contributed by atoms with E-state index >= 15 is 0 Å². The molecule has 2 aliphatic heterocycles. The molecule has 0 aromatic heterocycles. The van der Waals surface area contributed by atoms with Crippen LogP contribution < -0.4 is 0 Å². The maximum atomic E-state index is 12.6. The molecule has 2 unspecified atom stereocenters. The average molecular weight is 427 g/mol. The molecule has 2 fully saturated rings. The first-order chi connectivity index (χ1) is 14.4. The van der Waals surface area contributed by atoms with Crippen LogP contribution in [0.15, 0.2) is 59.8 Å². The second-order valence-electron chi connectivity index (χ2n) is 9.70. The number of ether oxygens (including phenoxy) is 2. The summed E-state index contributed by atoms with van der Waals surface area (Å²) >= 11 is 0. The van der Waals surface area contributed by atoms with Crippen molar-refractivity contribution in [2.45, 2.75) is 72.4 Å². The van der Waals surface area contributed by atoms with Gasteiger partial charge in [-0.15, -0.1) is 0 Å². The van der Waals surface area contributed by atoms with Gasteiger partial charge >= 0.3 is 5.97 Å². The molecule has 1 saturated heterocycles. The Kier molecular flexibility index (Phi) is 6.07. The van der Waals surface area contributed by atoms with E-state index in [0.29, 0.717) is 0 Å². The Labute approximate surface area is 185 Å². The van der Waals surface area contributed by atoms with Gasteiger partial charge in [-0.2, -0.15) is 0 Å². The second kappa shape index (κ2) is 8.03. The molecule has 1 N–H and O–H groups in total. The van der Waals surface area contributed by atoms with E-state index in [4.69, 9.17) is 9.47 Å². The van der Waals surface area contributed by atoms with Gasteiger partial charge < -0.3 is 14.6 Å². The number of rotatable bonds is 5. The molecule has 7 atom stereocenters. The number of ketones is 1. The molecule has 0 spiro atoms. The van der Waals surface area contributed by atoms with Gasteiger partial charge in [-0.05, 0) is 51.8 Å². The largest absolute Gasteiger partial charge is 0.460 e. The summed E-state index contributed by atoms with van der Waals surface area (Å²) in [6.45, 7) is 13.1. The van der Waals surface area contributed by atoms with Crippen molar-refractivity contribution in [3.63, 3.8) is 0 Å². The van der Waals surface area contributed by atoms with Gasteiger partial charge in [-0.1, -0.05) is 56.4 Å². The zero-order chi connectivity index (χ0) is 23.2. The molecule has 31 heavy (non-hydrogen) atoms. The Morgan fingerprint density at radius 2 is 1.68 bits per heavy atom. The maximum absolute atomic E-state index is 12.6. The predicted molar refractivity (Wildman–Crippen MR) is 120 cm³/mol. The third-order valence-electron chi connectivity index (χ3n) is 7.43. The summed E-state index contributed by atoms with van der Waals surface area (Å²) in [6, 6.07) is 0. The smallest absolute Gasteiger partial charge is 0.320 e. The number of esters is 1. The number of fused-ring (bicyclic) bond motifs is 2. The minimum absolute atomic E-state index is 0.0320. The average Bonchev–Trinajstić information content (AvgIpc) is 2.97. The number of carbonyl (C=O) groups excluding carboxylic acids is 2. The first kappa shape index (κ1) is 23.4. The molecule has 3 rings (SSSR count). The fraction of sp³-hybridized carbons (Fsp3) is 0.538. The number of allylic oxidation sites excluding steroid dienone is 6. The quantitative estimate of drug-likeness (QED) is 0.308. The topological polar surface area (TPSA) is 72.8 Å². The molecule has 0 amide bonds. The van der Waals surface area contributed by atoms with Crippen molar-refractivity contribution in [2.24, 2.45) is 16.7 Å². The second-order valence-corrected chi connectivity index (χ2v) is 9.70. The zero-order valence-corrected chi connectivity index (χ0v) is 19.5. The highest BCUT2D eigenvalue weighted by atomic mass is 16.6. The molecule has 168 valence electrons. The van der Waals surface area contributed by atoms with E-state index in [1.54, 1.807) is 13.8 Å². The lowest BCUT2D eigenvalue weighted by Crippen LogP contribution is -2.44. The van der Waals surface area contributed by atoms with Gasteiger partial charge in [0.1, 0.15) is 17.1 Å². The molecular weight excluding hydrogens is 392 g/mol. The van der Waals surface area contributed by atoms with Gasteiger partial charge in [-0.25, -0.2) is 0 Å². The van der Waals surface area contributed by atoms with Crippen molar-refractivity contribution < 1.29 is 24.2 Å². The zero-order valence-electron chi connectivity index (χ0n) is 19.5. The van der Waals surface area contributed by atoms with Crippen LogP contribution in [0.2, 0.25) is 0 Å². The van der Waals surface area contributed by atoms with Gasteiger partial charge in [0.25, 0.3) is 0 Å². The number of carbonyl (C=O) groups is 2. The summed E-state index contributed by atoms with van der Waals surface area (Å²) < 4.78 is 11.5. The van der Waals surface area contributed by atoms with E-state index in [9.17, 15) is 14.7 Å². The van der Waals surface area contributed by atoms with Gasteiger partial charge in [0.2, 0.25) is 0 Å². The van der Waals surface area contributed by atoms with Crippen LogP contribution in [0.3, 0.4) is 0 Å². The summed E-state index contributed by atoms with van der Waals surface area (Å²) in [4.78, 5) is 24.8. The summed E-state index contributed by atoms with van der Waals surface area (Å²) in [6.07, 6.45) is 14.5. The maximum Gasteiger partial charge on any atom is 0.320 e. The third-order valence-corrected chi connectivity index (χ3v) is 7.43. The first-order valence-electron chi connectivity index (χ1n) is 10.9. The van der Waals surface area contributed by atoms with Crippen molar-refractivity contribution in [2.75, 3.05) is 0 Å². The van der Waals surface area contributed by atoms with E-state index in [0.717, 1.165) is 11.1 Å². The van der Waals surface area contributed by atoms with Crippen LogP contribution in [0, 0.1) is 16.7 Å². The fourth-order valence-corrected chi connectivity index (χ4v) is 5.01. The minimum Gasteiger partial charge on any atom is -0.460 e. The monoisotopic (exact) mass is 426 g/mol. The Bertz CT molecular complexity index is 918. The highest BCUT2D eigenvalue weighted by molar-refractivity contribution is 6.10. The molecular formula is C26H34O5. The number of aliphatic hydroxyl groups is 1. The van der Waals surface area contributed by atoms with Crippen LogP contribution >= 0.6 is 0 Å². The van der Waals surface area contributed by atoms with Crippen LogP contribution in [0.4, 0.5) is 0 Å². The number of hydrogen-bond acceptors (Lipinski definition) is 5. The summed E-state index contributed by atoms with van der Waals surface area (Å²) in [5.74, 6) is -0.724. The minimum atomic E-state index is -1.11. The lowest BCUT2D eigenvalue weighted by Gasteiger charge is -2.37. The molecule has 5 heteroatoms. The molecule has 3 aliphatic rings. The molecule has 2 bridgehead atoms. The highest BCUT2D eigenvalue weighted by Crippen LogP contribution is 2.60. The third kappa shape index (κ3) is 3.68. The van der Waals surface area contributed by atoms with Gasteiger partial charge in [0.15, 0.2) is 5.78 Å². The van der Waals surface area contributed by atoms with Crippen molar-refractivity contribution in [1.82, 2.24) is 0 Å². The fourth-order valence-electron chi connectivity index (χ4n) is 5.01. The van der Waals surface area contributed by atoms with Crippen LogP contribution in [0.1, 0.15) is 48.5 Å². The van der Waals surface area contributed by atoms with E-state index in [1.165, 1.54) is 0 Å². The Morgan fingerprint density at radius 1 is 1.06 bits per heavy atom. The van der Waals surface area contributed by atoms with Gasteiger partial charge in [0, 0.05) is 5.41 Å². The Hall–Kier alpha value is -2.24. The van der Waals surface area contributed by atoms with Crippen molar-refractivity contribution >= 4 is 11.8 Å². The summed E-state index contributed by atoms with van der Waals surface area (Å²) in [5.41, 5.74) is -0.633. The summed E-state index contributed by atoms with van der Waals surface area (Å²) in [5, 5.41) is 10.3. The van der Waals surface area contributed by atoms with Crippen molar-refractivity contribution in [1.29, 1.82) is 0 Å². The van der Waals surface area contributed by atoms with Gasteiger partial charge in [0.05, 0.1) is 18.1 Å². The number of Topliss-reactive ketones (excluding diaryl/α,β-unsaturated/α-hetero) is 1. The van der Waals surface area contributed by atoms with Crippen molar-refractivity contribution in [3.8, 4) is 0 Å². The molecule has 0 radical (unpaired) electrons. The standard InChI is InChI=1S/C26H34O5/c1-16(20-17(2)15-25(6,29)19(4)30-20)13-11-9-8-10-12-14-24(5)22-18(3)21(27)26(24,7)23(28)31-22/h8-15,18-20,22,29H,1-7H3/b10-8+,11-9+,14-12+,16-13+/t18?,19-,20-,22?,24-,25+,26-/m0/s1. The Morgan fingerprint density at radius 3 is 2.32 bits per heavy atom. The number of hydrogen-bond donors (Lipinski definition) is 1. The van der Waals surface area contributed by atoms with Crippen molar-refractivity contribution in [3.05, 3.63) is 59.8 Å². The van der Waals surface area contributed by atoms with E-state index in [-0.39, 0.29) is 23.9 Å². The van der Waals surface area contributed by atoms with Crippen LogP contribution in [-0.4, -0.2) is 40.8 Å². The first-order valence-corrected chi connectivity index (χ1v) is 10.9. The molecule has 1 aliphatic carbocycles. The van der Waals surface area contributed by atoms with E-state index in [1.807, 2.05) is 83.2 Å². The van der Waals surface area contributed by atoms with Gasteiger partial charge in [-0.3, -0.25) is 9.59 Å². The highest BCUT2D eigenvalue weighted by Gasteiger charge is 2.73. The lowest BCUT2D eigenvalue weighted by molar-refractivity contribution is -0.161. The molecule has 5 nitrogen and oxygen atoms in total. The van der Waals surface area contributed by atoms with Crippen LogP contribution in [0.5, 0.6) is 0 Å². The van der Waals surface area contributed by atoms with Crippen LogP contribution in [-0.2, 0) is 19.1 Å². The predicted octanol–water partition coefficient (Wildman–Crippen LogP) is 4.24. The molecule has 0 aromatic carbocycles. The SMILES string of the molecule is CC1=C[C@@](C)(O)[C@H](C)O[C@H]1/C(C)=C/C=C/C=C/C=C/[C@@]1(C)C2OC(=O)[C@]1(C)C(=O)C2C. The van der Waals surface area contributed by atoms with E-state index in [2.05, 4.69) is 0 Å².